The maximum absolute atomic E-state index is 13.0. The van der Waals surface area contributed by atoms with Gasteiger partial charge in [0.05, 0.1) is 5.39 Å². The van der Waals surface area contributed by atoms with Gasteiger partial charge in [-0.3, -0.25) is 4.79 Å². The molecular weight excluding hydrogens is 320 g/mol. The minimum absolute atomic E-state index is 0.0711. The third-order valence-corrected chi connectivity index (χ3v) is 4.70. The number of furan rings is 1. The smallest absolute Gasteiger partial charge is 0.302 e. The van der Waals surface area contributed by atoms with E-state index in [2.05, 4.69) is 6.58 Å². The fourth-order valence-electron chi connectivity index (χ4n) is 3.39. The molecule has 1 atom stereocenters. The summed E-state index contributed by atoms with van der Waals surface area (Å²) in [7, 11) is 0. The average molecular weight is 334 g/mol. The van der Waals surface area contributed by atoms with Crippen molar-refractivity contribution in [3.05, 3.63) is 58.3 Å². The van der Waals surface area contributed by atoms with E-state index in [1.54, 1.807) is 12.1 Å². The molecule has 0 spiro atoms. The molecule has 1 aliphatic rings. The van der Waals surface area contributed by atoms with Gasteiger partial charge in [-0.05, 0) is 36.3 Å². The van der Waals surface area contributed by atoms with Gasteiger partial charge in [-0.25, -0.2) is 0 Å². The van der Waals surface area contributed by atoms with E-state index in [0.29, 0.717) is 39.5 Å². The van der Waals surface area contributed by atoms with Crippen LogP contribution in [-0.4, -0.2) is 11.2 Å². The highest BCUT2D eigenvalue weighted by Gasteiger charge is 2.26. The van der Waals surface area contributed by atoms with Crippen molar-refractivity contribution in [3.8, 4) is 11.5 Å². The Morgan fingerprint density at radius 1 is 1.16 bits per heavy atom. The van der Waals surface area contributed by atoms with Crippen LogP contribution in [0.25, 0.3) is 33.1 Å². The van der Waals surface area contributed by atoms with Gasteiger partial charge in [-0.15, -0.1) is 0 Å². The Kier molecular flexibility index (Phi) is 2.64. The molecule has 0 aliphatic carbocycles. The van der Waals surface area contributed by atoms with Gasteiger partial charge in [0.15, 0.2) is 0 Å². The maximum Gasteiger partial charge on any atom is 0.302 e. The van der Waals surface area contributed by atoms with E-state index in [1.165, 1.54) is 12.1 Å². The van der Waals surface area contributed by atoms with Crippen LogP contribution in [0, 0.1) is 0 Å². The van der Waals surface area contributed by atoms with E-state index in [-0.39, 0.29) is 23.1 Å². The van der Waals surface area contributed by atoms with E-state index in [4.69, 9.17) is 13.6 Å². The Morgan fingerprint density at radius 2 is 1.92 bits per heavy atom. The maximum atomic E-state index is 13.0. The molecule has 124 valence electrons. The Balaban J connectivity index is 1.83. The summed E-state index contributed by atoms with van der Waals surface area (Å²) >= 11 is 0. The van der Waals surface area contributed by atoms with Crippen LogP contribution in [0.1, 0.15) is 12.5 Å². The van der Waals surface area contributed by atoms with Gasteiger partial charge in [0, 0.05) is 23.9 Å². The number of aromatic hydroxyl groups is 1. The summed E-state index contributed by atoms with van der Waals surface area (Å²) in [6.45, 7) is 5.86. The molecule has 3 heterocycles. The second-order valence-corrected chi connectivity index (χ2v) is 6.49. The van der Waals surface area contributed by atoms with E-state index < -0.39 is 0 Å². The number of phenolic OH excluding ortho intramolecular Hbond substituents is 1. The molecule has 5 nitrogen and oxygen atoms in total. The molecule has 0 saturated heterocycles. The number of phenols is 1. The second kappa shape index (κ2) is 4.66. The third-order valence-electron chi connectivity index (χ3n) is 4.70. The van der Waals surface area contributed by atoms with Gasteiger partial charge in [0.1, 0.15) is 34.2 Å². The molecule has 5 rings (SSSR count). The lowest BCUT2D eigenvalue weighted by molar-refractivity contribution is 0.271. The summed E-state index contributed by atoms with van der Waals surface area (Å²) in [6.07, 6.45) is 0.617. The summed E-state index contributed by atoms with van der Waals surface area (Å²) in [5, 5.41) is 11.1. The molecule has 25 heavy (non-hydrogen) atoms. The lowest BCUT2D eigenvalue weighted by Gasteiger charge is -2.08. The molecule has 0 amide bonds. The monoisotopic (exact) mass is 334 g/mol. The van der Waals surface area contributed by atoms with Gasteiger partial charge < -0.3 is 18.7 Å². The molecule has 0 unspecified atom stereocenters. The van der Waals surface area contributed by atoms with Crippen molar-refractivity contribution in [1.82, 2.24) is 0 Å². The SMILES string of the molecule is C=C(C)[C@H]1Cc2cc3c(=O)c4c(oc3cc2O1)oc1cc(O)ccc14. The van der Waals surface area contributed by atoms with Crippen molar-refractivity contribution in [2.75, 3.05) is 0 Å². The fraction of sp³-hybridized carbons (Fsp3) is 0.150. The normalized spacial score (nSPS) is 16.4. The molecule has 4 aromatic rings. The number of hydrogen-bond acceptors (Lipinski definition) is 5. The first-order valence-electron chi connectivity index (χ1n) is 7.98. The van der Waals surface area contributed by atoms with E-state index in [1.807, 2.05) is 13.0 Å². The first-order chi connectivity index (χ1) is 12.0. The highest BCUT2D eigenvalue weighted by molar-refractivity contribution is 6.06. The molecule has 2 aromatic heterocycles. The highest BCUT2D eigenvalue weighted by Crippen LogP contribution is 2.36. The topological polar surface area (TPSA) is 72.8 Å². The number of rotatable bonds is 1. The zero-order valence-corrected chi connectivity index (χ0v) is 13.5. The van der Waals surface area contributed by atoms with Crippen molar-refractivity contribution in [2.24, 2.45) is 0 Å². The Bertz CT molecular complexity index is 1260. The van der Waals surface area contributed by atoms with E-state index in [9.17, 15) is 9.90 Å². The third kappa shape index (κ3) is 1.92. The molecule has 5 heteroatoms. The molecule has 2 aromatic carbocycles. The Hall–Kier alpha value is -3.21. The van der Waals surface area contributed by atoms with Crippen molar-refractivity contribution in [1.29, 1.82) is 0 Å². The van der Waals surface area contributed by atoms with Crippen LogP contribution in [0.5, 0.6) is 11.5 Å². The molecule has 0 saturated carbocycles. The van der Waals surface area contributed by atoms with Crippen LogP contribution in [0.15, 0.2) is 56.1 Å². The minimum atomic E-state index is -0.151. The number of benzene rings is 2. The zero-order valence-electron chi connectivity index (χ0n) is 13.5. The first kappa shape index (κ1) is 14.2. The van der Waals surface area contributed by atoms with Crippen LogP contribution in [0.3, 0.4) is 0 Å². The lowest BCUT2D eigenvalue weighted by Crippen LogP contribution is -2.13. The van der Waals surface area contributed by atoms with Crippen LogP contribution in [0.2, 0.25) is 0 Å². The van der Waals surface area contributed by atoms with Crippen LogP contribution >= 0.6 is 0 Å². The molecule has 1 N–H and O–H groups in total. The summed E-state index contributed by atoms with van der Waals surface area (Å²) < 4.78 is 17.3. The summed E-state index contributed by atoms with van der Waals surface area (Å²) in [4.78, 5) is 13.0. The highest BCUT2D eigenvalue weighted by atomic mass is 16.5. The molecule has 0 fully saturated rings. The zero-order chi connectivity index (χ0) is 17.3. The predicted molar refractivity (Wildman–Crippen MR) is 94.4 cm³/mol. The number of hydrogen-bond donors (Lipinski definition) is 1. The van der Waals surface area contributed by atoms with Gasteiger partial charge in [-0.1, -0.05) is 6.58 Å². The van der Waals surface area contributed by atoms with E-state index >= 15 is 0 Å². The second-order valence-electron chi connectivity index (χ2n) is 6.49. The van der Waals surface area contributed by atoms with Gasteiger partial charge >= 0.3 is 5.78 Å². The predicted octanol–water partition coefficient (Wildman–Crippen LogP) is 4.28. The number of fused-ring (bicyclic) bond motifs is 5. The number of ether oxygens (including phenoxy) is 1. The Morgan fingerprint density at radius 3 is 2.68 bits per heavy atom. The molecule has 0 radical (unpaired) electrons. The van der Waals surface area contributed by atoms with Crippen molar-refractivity contribution < 1.29 is 18.7 Å². The largest absolute Gasteiger partial charge is 0.508 e. The van der Waals surface area contributed by atoms with Gasteiger partial charge in [-0.2, -0.15) is 0 Å². The van der Waals surface area contributed by atoms with Crippen LogP contribution < -0.4 is 10.2 Å². The average Bonchev–Trinajstić information content (AvgIpc) is 3.13. The summed E-state index contributed by atoms with van der Waals surface area (Å²) in [6, 6.07) is 8.22. The van der Waals surface area contributed by atoms with E-state index in [0.717, 1.165) is 11.1 Å². The summed E-state index contributed by atoms with van der Waals surface area (Å²) in [5.74, 6) is 0.922. The quantitative estimate of drug-likeness (QED) is 0.526. The molecular formula is C20H14O5. The van der Waals surface area contributed by atoms with Crippen molar-refractivity contribution >= 4 is 33.1 Å². The molecule has 0 bridgehead atoms. The first-order valence-corrected chi connectivity index (χ1v) is 7.98. The Labute approximate surface area is 141 Å². The lowest BCUT2D eigenvalue weighted by atomic mass is 10.0. The standard InChI is InChI=1S/C20H14O5/c1-9(2)14-6-10-5-13-17(8-15(10)23-14)25-20-18(19(13)22)12-4-3-11(21)7-16(12)24-20/h3-5,7-8,14,21H,1,6H2,2H3/t14-/m1/s1. The van der Waals surface area contributed by atoms with Crippen molar-refractivity contribution in [3.63, 3.8) is 0 Å². The van der Waals surface area contributed by atoms with Gasteiger partial charge in [0.25, 0.3) is 0 Å². The van der Waals surface area contributed by atoms with Gasteiger partial charge in [0.2, 0.25) is 5.43 Å². The minimum Gasteiger partial charge on any atom is -0.508 e. The molecule has 1 aliphatic heterocycles. The van der Waals surface area contributed by atoms with Crippen LogP contribution in [0.4, 0.5) is 0 Å². The fourth-order valence-corrected chi connectivity index (χ4v) is 3.39. The summed E-state index contributed by atoms with van der Waals surface area (Å²) in [5.41, 5.74) is 2.60. The van der Waals surface area contributed by atoms with Crippen molar-refractivity contribution in [2.45, 2.75) is 19.4 Å². The van der Waals surface area contributed by atoms with Crippen LogP contribution in [-0.2, 0) is 6.42 Å².